The maximum Gasteiger partial charge on any atom is 0.0389 e. The number of unbranched alkanes of at least 4 members (excludes halogenated alkanes) is 5. The van der Waals surface area contributed by atoms with Crippen molar-refractivity contribution in [3.05, 3.63) is 60.2 Å². The van der Waals surface area contributed by atoms with Crippen molar-refractivity contribution >= 4 is 12.4 Å². The molecule has 24 heavy (non-hydrogen) atoms. The molecule has 0 spiro atoms. The Morgan fingerprint density at radius 2 is 0.958 bits per heavy atom. The monoisotopic (exact) mass is 322 g/mol. The summed E-state index contributed by atoms with van der Waals surface area (Å²) < 4.78 is 0. The first-order valence-electron chi connectivity index (χ1n) is 8.75. The van der Waals surface area contributed by atoms with Gasteiger partial charge in [0.05, 0.1) is 0 Å². The molecule has 0 aliphatic heterocycles. The molecular formula is C20H26N4. The molecule has 0 N–H and O–H groups in total. The molecule has 0 fully saturated rings. The SMILES string of the molecule is C(=NCCCCCCCCN=Cc1ccncc1)c1ccncc1. The molecule has 0 aliphatic rings. The molecule has 2 heterocycles. The third kappa shape index (κ3) is 8.32. The zero-order chi connectivity index (χ0) is 16.7. The lowest BCUT2D eigenvalue weighted by atomic mass is 10.1. The van der Waals surface area contributed by atoms with E-state index in [9.17, 15) is 0 Å². The molecule has 0 atom stereocenters. The van der Waals surface area contributed by atoms with Crippen LogP contribution in [0.15, 0.2) is 59.0 Å². The molecule has 2 aromatic rings. The highest BCUT2D eigenvalue weighted by Gasteiger charge is 1.91. The van der Waals surface area contributed by atoms with E-state index in [1.165, 1.54) is 38.5 Å². The Morgan fingerprint density at radius 3 is 1.38 bits per heavy atom. The van der Waals surface area contributed by atoms with Gasteiger partial charge < -0.3 is 0 Å². The van der Waals surface area contributed by atoms with E-state index in [0.717, 1.165) is 24.2 Å². The molecule has 0 saturated carbocycles. The van der Waals surface area contributed by atoms with Crippen LogP contribution in [0.5, 0.6) is 0 Å². The first kappa shape index (κ1) is 18.0. The van der Waals surface area contributed by atoms with Crippen LogP contribution in [-0.4, -0.2) is 35.5 Å². The normalized spacial score (nSPS) is 11.5. The van der Waals surface area contributed by atoms with Crippen LogP contribution < -0.4 is 0 Å². The number of hydrogen-bond donors (Lipinski definition) is 0. The van der Waals surface area contributed by atoms with E-state index in [1.54, 1.807) is 24.8 Å². The van der Waals surface area contributed by atoms with Crippen LogP contribution in [0, 0.1) is 0 Å². The molecule has 0 aliphatic carbocycles. The minimum atomic E-state index is 0.915. The smallest absolute Gasteiger partial charge is 0.0389 e. The van der Waals surface area contributed by atoms with Crippen molar-refractivity contribution in [1.29, 1.82) is 0 Å². The Balaban J connectivity index is 1.40. The second kappa shape index (κ2) is 12.1. The van der Waals surface area contributed by atoms with Gasteiger partial charge in [-0.2, -0.15) is 0 Å². The lowest BCUT2D eigenvalue weighted by Crippen LogP contribution is -1.88. The van der Waals surface area contributed by atoms with Crippen molar-refractivity contribution < 1.29 is 0 Å². The quantitative estimate of drug-likeness (QED) is 0.456. The topological polar surface area (TPSA) is 50.5 Å². The predicted molar refractivity (Wildman–Crippen MR) is 101 cm³/mol. The number of aliphatic imine (C=N–C) groups is 2. The standard InChI is InChI=1S/C20H26N4/c1(3-5-11-23-17-19-7-13-21-14-8-19)2-4-6-12-24-18-20-9-15-22-16-10-20/h7-10,13-18H,1-6,11-12H2. The van der Waals surface area contributed by atoms with E-state index in [1.807, 2.05) is 36.7 Å². The minimum Gasteiger partial charge on any atom is -0.293 e. The van der Waals surface area contributed by atoms with E-state index in [-0.39, 0.29) is 0 Å². The molecule has 4 heteroatoms. The van der Waals surface area contributed by atoms with E-state index in [2.05, 4.69) is 20.0 Å². The maximum absolute atomic E-state index is 4.45. The molecule has 0 unspecified atom stereocenters. The first-order chi connectivity index (χ1) is 11.9. The highest BCUT2D eigenvalue weighted by atomic mass is 14.7. The molecule has 126 valence electrons. The number of rotatable bonds is 11. The summed E-state index contributed by atoms with van der Waals surface area (Å²) in [5.41, 5.74) is 2.25. The summed E-state index contributed by atoms with van der Waals surface area (Å²) in [5.74, 6) is 0. The van der Waals surface area contributed by atoms with Crippen LogP contribution in [0.2, 0.25) is 0 Å². The fourth-order valence-corrected chi connectivity index (χ4v) is 2.35. The maximum atomic E-state index is 4.45. The van der Waals surface area contributed by atoms with E-state index in [0.29, 0.717) is 0 Å². The van der Waals surface area contributed by atoms with Crippen LogP contribution in [0.4, 0.5) is 0 Å². The molecule has 0 bridgehead atoms. The summed E-state index contributed by atoms with van der Waals surface area (Å²) in [6.45, 7) is 1.83. The summed E-state index contributed by atoms with van der Waals surface area (Å²) in [6, 6.07) is 7.89. The Hall–Kier alpha value is -2.36. The van der Waals surface area contributed by atoms with Crippen LogP contribution in [0.1, 0.15) is 49.7 Å². The highest BCUT2D eigenvalue weighted by molar-refractivity contribution is 5.79. The van der Waals surface area contributed by atoms with Crippen molar-refractivity contribution in [2.45, 2.75) is 38.5 Å². The van der Waals surface area contributed by atoms with Gasteiger partial charge in [0.2, 0.25) is 0 Å². The lowest BCUT2D eigenvalue weighted by Gasteiger charge is -1.99. The highest BCUT2D eigenvalue weighted by Crippen LogP contribution is 2.06. The Labute approximate surface area is 144 Å². The molecular weight excluding hydrogens is 296 g/mol. The predicted octanol–water partition coefficient (Wildman–Crippen LogP) is 4.36. The summed E-state index contributed by atoms with van der Waals surface area (Å²) >= 11 is 0. The second-order valence-corrected chi connectivity index (χ2v) is 5.75. The zero-order valence-corrected chi connectivity index (χ0v) is 14.2. The molecule has 4 nitrogen and oxygen atoms in total. The molecule has 0 radical (unpaired) electrons. The number of nitrogens with zero attached hydrogens (tertiary/aromatic N) is 4. The molecule has 0 saturated heterocycles. The van der Waals surface area contributed by atoms with Crippen molar-refractivity contribution in [1.82, 2.24) is 9.97 Å². The average molecular weight is 322 g/mol. The summed E-state index contributed by atoms with van der Waals surface area (Å²) in [6.07, 6.45) is 18.5. The molecule has 0 amide bonds. The Kier molecular flexibility index (Phi) is 9.08. The zero-order valence-electron chi connectivity index (χ0n) is 14.2. The molecule has 2 aromatic heterocycles. The summed E-state index contributed by atoms with van der Waals surface area (Å²) in [7, 11) is 0. The average Bonchev–Trinajstić information content (AvgIpc) is 2.64. The van der Waals surface area contributed by atoms with Crippen LogP contribution in [0.25, 0.3) is 0 Å². The van der Waals surface area contributed by atoms with Crippen molar-refractivity contribution in [3.8, 4) is 0 Å². The second-order valence-electron chi connectivity index (χ2n) is 5.75. The van der Waals surface area contributed by atoms with Crippen LogP contribution >= 0.6 is 0 Å². The minimum absolute atomic E-state index is 0.915. The van der Waals surface area contributed by atoms with Gasteiger partial charge in [-0.15, -0.1) is 0 Å². The third-order valence-electron chi connectivity index (χ3n) is 3.72. The van der Waals surface area contributed by atoms with E-state index >= 15 is 0 Å². The van der Waals surface area contributed by atoms with Gasteiger partial charge in [0.15, 0.2) is 0 Å². The number of aromatic nitrogens is 2. The van der Waals surface area contributed by atoms with Crippen molar-refractivity contribution in [3.63, 3.8) is 0 Å². The summed E-state index contributed by atoms with van der Waals surface area (Å²) in [5, 5.41) is 0. The Morgan fingerprint density at radius 1 is 0.583 bits per heavy atom. The molecule has 2 rings (SSSR count). The third-order valence-corrected chi connectivity index (χ3v) is 3.72. The number of pyridine rings is 2. The van der Waals surface area contributed by atoms with Gasteiger partial charge in [0.1, 0.15) is 0 Å². The van der Waals surface area contributed by atoms with Gasteiger partial charge in [-0.25, -0.2) is 0 Å². The number of hydrogen-bond acceptors (Lipinski definition) is 4. The fourth-order valence-electron chi connectivity index (χ4n) is 2.35. The van der Waals surface area contributed by atoms with E-state index in [4.69, 9.17) is 0 Å². The van der Waals surface area contributed by atoms with Gasteiger partial charge in [-0.1, -0.05) is 25.7 Å². The van der Waals surface area contributed by atoms with Crippen molar-refractivity contribution in [2.75, 3.05) is 13.1 Å². The van der Waals surface area contributed by atoms with Crippen molar-refractivity contribution in [2.24, 2.45) is 9.98 Å². The van der Waals surface area contributed by atoms with Gasteiger partial charge >= 0.3 is 0 Å². The molecule has 0 aromatic carbocycles. The van der Waals surface area contributed by atoms with Gasteiger partial charge in [0.25, 0.3) is 0 Å². The Bertz CT molecular complexity index is 538. The van der Waals surface area contributed by atoms with Gasteiger partial charge in [-0.3, -0.25) is 20.0 Å². The van der Waals surface area contributed by atoms with Gasteiger partial charge in [-0.05, 0) is 48.2 Å². The van der Waals surface area contributed by atoms with Crippen LogP contribution in [-0.2, 0) is 0 Å². The lowest BCUT2D eigenvalue weighted by molar-refractivity contribution is 0.602. The fraction of sp³-hybridized carbons (Fsp3) is 0.400. The first-order valence-corrected chi connectivity index (χ1v) is 8.75. The largest absolute Gasteiger partial charge is 0.293 e. The van der Waals surface area contributed by atoms with E-state index < -0.39 is 0 Å². The van der Waals surface area contributed by atoms with Crippen LogP contribution in [0.3, 0.4) is 0 Å². The van der Waals surface area contributed by atoms with Gasteiger partial charge in [0, 0.05) is 50.3 Å². The summed E-state index contributed by atoms with van der Waals surface area (Å²) in [4.78, 5) is 16.9.